The number of nitrogens with one attached hydrogen (secondary N) is 1. The fourth-order valence-electron chi connectivity index (χ4n) is 2.84. The lowest BCUT2D eigenvalue weighted by molar-refractivity contribution is -0.127. The lowest BCUT2D eigenvalue weighted by Crippen LogP contribution is -2.55. The second-order valence-electron chi connectivity index (χ2n) is 5.99. The molecule has 6 nitrogen and oxygen atoms in total. The molecule has 1 fully saturated rings. The Bertz CT molecular complexity index is 803. The van der Waals surface area contributed by atoms with E-state index in [2.05, 4.69) is 15.3 Å². The van der Waals surface area contributed by atoms with Crippen molar-refractivity contribution in [2.75, 3.05) is 13.1 Å². The summed E-state index contributed by atoms with van der Waals surface area (Å²) in [4.78, 5) is 35.1. The van der Waals surface area contributed by atoms with Crippen LogP contribution >= 0.6 is 0 Å². The number of benzene rings is 1. The molecule has 1 aliphatic rings. The molecule has 1 aliphatic heterocycles. The molecule has 2 heterocycles. The van der Waals surface area contributed by atoms with Crippen LogP contribution in [0.4, 0.5) is 0 Å². The number of nitrogens with zero attached hydrogens (tertiary/aromatic N) is 3. The number of amides is 2. The highest BCUT2D eigenvalue weighted by Gasteiger charge is 2.29. The van der Waals surface area contributed by atoms with E-state index >= 15 is 0 Å². The molecule has 3 rings (SSSR count). The predicted octanol–water partition coefficient (Wildman–Crippen LogP) is 1.72. The summed E-state index contributed by atoms with van der Waals surface area (Å²) in [6, 6.07) is 6.87. The molecule has 1 atom stereocenters. The van der Waals surface area contributed by atoms with Gasteiger partial charge in [-0.2, -0.15) is 0 Å². The van der Waals surface area contributed by atoms with Crippen LogP contribution < -0.4 is 5.32 Å². The Balaban J connectivity index is 1.94. The maximum Gasteiger partial charge on any atom is 0.254 e. The average Bonchev–Trinajstić information content (AvgIpc) is 2.59. The van der Waals surface area contributed by atoms with E-state index in [-0.39, 0.29) is 11.8 Å². The van der Waals surface area contributed by atoms with Gasteiger partial charge in [0.15, 0.2) is 0 Å². The number of rotatable bonds is 2. The quantitative estimate of drug-likeness (QED) is 0.913. The summed E-state index contributed by atoms with van der Waals surface area (Å²) in [5.74, 6) is -0.261. The normalized spacial score (nSPS) is 17.5. The van der Waals surface area contributed by atoms with Gasteiger partial charge in [0.1, 0.15) is 6.04 Å². The molecule has 0 radical (unpaired) electrons. The van der Waals surface area contributed by atoms with E-state index in [0.29, 0.717) is 18.7 Å². The van der Waals surface area contributed by atoms with Gasteiger partial charge in [-0.1, -0.05) is 12.1 Å². The predicted molar refractivity (Wildman–Crippen MR) is 90.5 cm³/mol. The van der Waals surface area contributed by atoms with Crippen LogP contribution in [0.15, 0.2) is 30.5 Å². The highest BCUT2D eigenvalue weighted by Crippen LogP contribution is 2.22. The van der Waals surface area contributed by atoms with Crippen LogP contribution in [-0.2, 0) is 4.79 Å². The third-order valence-corrected chi connectivity index (χ3v) is 4.22. The summed E-state index contributed by atoms with van der Waals surface area (Å²) in [5.41, 5.74) is 3.82. The molecule has 1 N–H and O–H groups in total. The first-order valence-electron chi connectivity index (χ1n) is 7.96. The van der Waals surface area contributed by atoms with Gasteiger partial charge in [0.25, 0.3) is 5.91 Å². The lowest BCUT2D eigenvalue weighted by atomic mass is 10.0. The van der Waals surface area contributed by atoms with E-state index in [1.807, 2.05) is 32.0 Å². The summed E-state index contributed by atoms with van der Waals surface area (Å²) < 4.78 is 0. The number of aryl methyl sites for hydroxylation is 2. The van der Waals surface area contributed by atoms with Crippen molar-refractivity contribution in [1.82, 2.24) is 20.2 Å². The smallest absolute Gasteiger partial charge is 0.254 e. The molecule has 0 bridgehead atoms. The zero-order valence-corrected chi connectivity index (χ0v) is 14.0. The second-order valence-corrected chi connectivity index (χ2v) is 5.99. The number of carbonyl (C=O) groups excluding carboxylic acids is 2. The number of carbonyl (C=O) groups is 2. The number of hydrogen-bond donors (Lipinski definition) is 1. The third kappa shape index (κ3) is 2.99. The fourth-order valence-corrected chi connectivity index (χ4v) is 2.84. The Morgan fingerprint density at radius 3 is 2.92 bits per heavy atom. The summed E-state index contributed by atoms with van der Waals surface area (Å²) in [7, 11) is 0. The van der Waals surface area contributed by atoms with Crippen LogP contribution in [0.5, 0.6) is 0 Å². The fraction of sp³-hybridized carbons (Fsp3) is 0.333. The van der Waals surface area contributed by atoms with Crippen molar-refractivity contribution < 1.29 is 9.59 Å². The van der Waals surface area contributed by atoms with Crippen molar-refractivity contribution in [3.8, 4) is 11.3 Å². The van der Waals surface area contributed by atoms with Gasteiger partial charge in [-0.25, -0.2) is 4.98 Å². The second kappa shape index (κ2) is 6.39. The van der Waals surface area contributed by atoms with Crippen molar-refractivity contribution in [2.24, 2.45) is 0 Å². The van der Waals surface area contributed by atoms with Crippen molar-refractivity contribution in [3.63, 3.8) is 0 Å². The van der Waals surface area contributed by atoms with E-state index < -0.39 is 6.04 Å². The maximum absolute atomic E-state index is 12.8. The van der Waals surface area contributed by atoms with E-state index in [4.69, 9.17) is 0 Å². The van der Waals surface area contributed by atoms with Crippen LogP contribution in [0.1, 0.15) is 28.7 Å². The first-order chi connectivity index (χ1) is 11.5. The molecule has 1 saturated heterocycles. The maximum atomic E-state index is 12.8. The molecule has 0 unspecified atom stereocenters. The topological polar surface area (TPSA) is 75.2 Å². The van der Waals surface area contributed by atoms with E-state index in [1.165, 1.54) is 0 Å². The standard InChI is InChI=1S/C18H20N4O2/c1-11-10-20-12(2)16(21-11)14-5-4-6-15(9-14)18(24)22-8-7-19-17(23)13(22)3/h4-6,9-10,13H,7-8H2,1-3H3,(H,19,23)/t13-/m1/s1. The van der Waals surface area contributed by atoms with Gasteiger partial charge in [-0.3, -0.25) is 14.6 Å². The third-order valence-electron chi connectivity index (χ3n) is 4.22. The summed E-state index contributed by atoms with van der Waals surface area (Å²) in [6.07, 6.45) is 1.72. The highest BCUT2D eigenvalue weighted by molar-refractivity contribution is 5.98. The summed E-state index contributed by atoms with van der Waals surface area (Å²) in [6.45, 7) is 6.52. The monoisotopic (exact) mass is 324 g/mol. The van der Waals surface area contributed by atoms with Gasteiger partial charge in [0.05, 0.1) is 17.1 Å². The average molecular weight is 324 g/mol. The van der Waals surface area contributed by atoms with Crippen LogP contribution in [0.3, 0.4) is 0 Å². The summed E-state index contributed by atoms with van der Waals surface area (Å²) in [5, 5.41) is 2.77. The molecule has 1 aromatic heterocycles. The Labute approximate surface area is 140 Å². The zero-order chi connectivity index (χ0) is 17.3. The lowest BCUT2D eigenvalue weighted by Gasteiger charge is -2.32. The van der Waals surface area contributed by atoms with Crippen LogP contribution in [0.25, 0.3) is 11.3 Å². The van der Waals surface area contributed by atoms with Crippen molar-refractivity contribution >= 4 is 11.8 Å². The molecular formula is C18H20N4O2. The molecule has 0 saturated carbocycles. The van der Waals surface area contributed by atoms with Crippen molar-refractivity contribution in [1.29, 1.82) is 0 Å². The largest absolute Gasteiger partial charge is 0.353 e. The molecule has 124 valence electrons. The molecule has 24 heavy (non-hydrogen) atoms. The molecular weight excluding hydrogens is 304 g/mol. The van der Waals surface area contributed by atoms with Gasteiger partial charge >= 0.3 is 0 Å². The van der Waals surface area contributed by atoms with E-state index in [1.54, 1.807) is 24.1 Å². The molecule has 6 heteroatoms. The van der Waals surface area contributed by atoms with Crippen LogP contribution in [-0.4, -0.2) is 45.8 Å². The summed E-state index contributed by atoms with van der Waals surface area (Å²) >= 11 is 0. The molecule has 1 aromatic carbocycles. The van der Waals surface area contributed by atoms with E-state index in [0.717, 1.165) is 22.6 Å². The Morgan fingerprint density at radius 2 is 2.12 bits per heavy atom. The Kier molecular flexibility index (Phi) is 4.29. The molecule has 2 aromatic rings. The highest BCUT2D eigenvalue weighted by atomic mass is 16.2. The zero-order valence-electron chi connectivity index (χ0n) is 14.0. The first-order valence-corrected chi connectivity index (χ1v) is 7.96. The minimum absolute atomic E-state index is 0.119. The van der Waals surface area contributed by atoms with Crippen molar-refractivity contribution in [2.45, 2.75) is 26.8 Å². The van der Waals surface area contributed by atoms with Gasteiger partial charge < -0.3 is 10.2 Å². The van der Waals surface area contributed by atoms with Crippen LogP contribution in [0.2, 0.25) is 0 Å². The molecule has 0 aliphatic carbocycles. The Hall–Kier alpha value is -2.76. The number of piperazine rings is 1. The van der Waals surface area contributed by atoms with Gasteiger partial charge in [0, 0.05) is 30.4 Å². The molecule has 0 spiro atoms. The van der Waals surface area contributed by atoms with E-state index in [9.17, 15) is 9.59 Å². The Morgan fingerprint density at radius 1 is 1.33 bits per heavy atom. The first kappa shape index (κ1) is 16.1. The van der Waals surface area contributed by atoms with Gasteiger partial charge in [-0.05, 0) is 32.9 Å². The van der Waals surface area contributed by atoms with Gasteiger partial charge in [-0.15, -0.1) is 0 Å². The molecule has 2 amide bonds. The van der Waals surface area contributed by atoms with Crippen LogP contribution in [0, 0.1) is 13.8 Å². The van der Waals surface area contributed by atoms with Gasteiger partial charge in [0.2, 0.25) is 5.91 Å². The minimum Gasteiger partial charge on any atom is -0.353 e. The number of hydrogen-bond acceptors (Lipinski definition) is 4. The number of aromatic nitrogens is 2. The minimum atomic E-state index is -0.463. The van der Waals surface area contributed by atoms with Crippen molar-refractivity contribution in [3.05, 3.63) is 47.4 Å². The SMILES string of the molecule is Cc1cnc(C)c(-c2cccc(C(=O)N3CCNC(=O)[C@H]3C)c2)n1.